The molecule has 1 rings (SSSR count). The molecule has 0 bridgehead atoms. The third kappa shape index (κ3) is 21.5. The quantitative estimate of drug-likeness (QED) is 0.205. The topological polar surface area (TPSA) is 3.88 Å². The number of halogens is 5. The molecule has 0 fully saturated rings. The molecule has 1 nitrogen and oxygen atoms in total. The maximum absolute atomic E-state index is 2.56. The van der Waals surface area contributed by atoms with E-state index in [1.807, 2.05) is 42.2 Å². The zero-order valence-electron chi connectivity index (χ0n) is 6.72. The monoisotopic (exact) mass is 937 g/mol. The van der Waals surface area contributed by atoms with Gasteiger partial charge in [-0.15, -0.1) is 0 Å². The molecule has 76 valence electrons. The standard InChI is InChI=1S/C6H8N.5HI.Pb/c1-7-5-3-2-4-6-7;;;;;;/h2-6H,1H3;5*1H;/q+1;;;;;;+4/p-5. The molecule has 1 aromatic heterocycles. The third-order valence-corrected chi connectivity index (χ3v) is 0.865. The third-order valence-electron chi connectivity index (χ3n) is 0.865. The molecule has 0 atom stereocenters. The Morgan fingerprint density at radius 3 is 1.38 bits per heavy atom. The molecule has 1 aromatic rings. The predicted molar refractivity (Wildman–Crippen MR) is 89.5 cm³/mol. The van der Waals surface area contributed by atoms with Gasteiger partial charge in [-0.05, 0) is 0 Å². The molecule has 0 aromatic carbocycles. The Hall–Kier alpha value is 3.72. The fourth-order valence-corrected chi connectivity index (χ4v) is 0.485. The van der Waals surface area contributed by atoms with Crippen LogP contribution in [0.25, 0.3) is 0 Å². The average molecular weight is 936 g/mol. The van der Waals surface area contributed by atoms with Crippen LogP contribution in [-0.2, 0) is 7.05 Å². The van der Waals surface area contributed by atoms with Gasteiger partial charge >= 0.3 is 75.0 Å². The zero-order valence-corrected chi connectivity index (χ0v) is 21.4. The van der Waals surface area contributed by atoms with Crippen molar-refractivity contribution in [3.8, 4) is 0 Å². The summed E-state index contributed by atoms with van der Waals surface area (Å²) in [5.74, 6) is 0. The fourth-order valence-electron chi connectivity index (χ4n) is 0.485. The van der Waals surface area contributed by atoms with E-state index in [-0.39, 0.29) is 24.0 Å². The Balaban J connectivity index is 0. The Labute approximate surface area is 137 Å². The number of aryl methyl sites for hydroxylation is 1. The van der Waals surface area contributed by atoms with Crippen LogP contribution in [0, 0.1) is 0 Å². The minimum absolute atomic E-state index is 0. The molecule has 0 aliphatic heterocycles. The van der Waals surface area contributed by atoms with Gasteiger partial charge in [0.2, 0.25) is 0 Å². The predicted octanol–water partition coefficient (Wildman–Crippen LogP) is 0.677. The van der Waals surface area contributed by atoms with Gasteiger partial charge in [0.25, 0.3) is 0 Å². The molecule has 0 radical (unpaired) electrons. The second-order valence-corrected chi connectivity index (χ2v) is 171. The number of nitrogens with zero attached hydrogens (tertiary/aromatic N) is 1. The van der Waals surface area contributed by atoms with Crippen molar-refractivity contribution in [2.24, 2.45) is 7.05 Å². The van der Waals surface area contributed by atoms with Gasteiger partial charge in [0.15, 0.2) is 12.4 Å². The van der Waals surface area contributed by atoms with Gasteiger partial charge < -0.3 is 24.0 Å². The van der Waals surface area contributed by atoms with Crippen molar-refractivity contribution < 1.29 is 28.5 Å². The van der Waals surface area contributed by atoms with Crippen LogP contribution < -0.4 is 28.5 Å². The molecule has 0 N–H and O–H groups in total. The molecule has 0 amide bonds. The van der Waals surface area contributed by atoms with Crippen LogP contribution in [0.15, 0.2) is 30.6 Å². The van der Waals surface area contributed by atoms with Gasteiger partial charge in [-0.2, -0.15) is 0 Å². The Kier molecular flexibility index (Phi) is 15.9. The van der Waals surface area contributed by atoms with Gasteiger partial charge in [-0.25, -0.2) is 4.57 Å². The Bertz CT molecular complexity index is 206. The second kappa shape index (κ2) is 10.8. The van der Waals surface area contributed by atoms with E-state index in [1.54, 1.807) is 0 Å². The van der Waals surface area contributed by atoms with Gasteiger partial charge in [-0.1, -0.05) is 6.07 Å². The second-order valence-electron chi connectivity index (χ2n) is 1.97. The summed E-state index contributed by atoms with van der Waals surface area (Å²) in [5.41, 5.74) is 0. The van der Waals surface area contributed by atoms with Gasteiger partial charge in [0.1, 0.15) is 7.05 Å². The van der Waals surface area contributed by atoms with Crippen molar-refractivity contribution in [1.82, 2.24) is 0 Å². The van der Waals surface area contributed by atoms with Crippen molar-refractivity contribution in [3.05, 3.63) is 30.6 Å². The summed E-state index contributed by atoms with van der Waals surface area (Å²) in [6.07, 6.45) is 4.00. The van der Waals surface area contributed by atoms with E-state index in [1.165, 1.54) is 0 Å². The molecule has 0 spiro atoms. The summed E-state index contributed by atoms with van der Waals surface area (Å²) < 4.78 is 0.602. The van der Waals surface area contributed by atoms with E-state index in [2.05, 4.69) is 71.0 Å². The molecule has 7 heteroatoms. The van der Waals surface area contributed by atoms with Crippen LogP contribution >= 0.6 is 71.0 Å². The van der Waals surface area contributed by atoms with Gasteiger partial charge in [0, 0.05) is 12.1 Å². The van der Waals surface area contributed by atoms with Crippen molar-refractivity contribution in [2.75, 3.05) is 0 Å². The molecule has 0 aliphatic rings. The maximum atomic E-state index is 2.56. The number of hydrogen-bond donors (Lipinski definition) is 0. The molecular weight excluding hydrogens is 928 g/mol. The number of aromatic nitrogens is 1. The van der Waals surface area contributed by atoms with E-state index in [9.17, 15) is 0 Å². The molecule has 0 unspecified atom stereocenters. The van der Waals surface area contributed by atoms with Crippen LogP contribution in [0.2, 0.25) is 0 Å². The Morgan fingerprint density at radius 1 is 0.923 bits per heavy atom. The summed E-state index contributed by atoms with van der Waals surface area (Å²) in [5, 5.41) is 0. The zero-order chi connectivity index (χ0) is 9.61. The van der Waals surface area contributed by atoms with E-state index >= 15 is 0 Å². The number of pyridine rings is 1. The SMILES string of the molecule is C[n+]1ccccc1.[I-].[I][Pb]([I])([I])[I]. The van der Waals surface area contributed by atoms with E-state index in [4.69, 9.17) is 0 Å². The van der Waals surface area contributed by atoms with Crippen molar-refractivity contribution in [2.45, 2.75) is 0 Å². The van der Waals surface area contributed by atoms with E-state index in [0.717, 1.165) is 0 Å². The molecule has 1 heterocycles. The molecule has 0 saturated carbocycles. The summed E-state index contributed by atoms with van der Waals surface area (Å²) in [4.78, 5) is 0. The summed E-state index contributed by atoms with van der Waals surface area (Å²) in [6, 6.07) is 6.00. The molecule has 0 saturated heterocycles. The summed E-state index contributed by atoms with van der Waals surface area (Å²) >= 11 is 10.2. The Morgan fingerprint density at radius 2 is 1.23 bits per heavy atom. The van der Waals surface area contributed by atoms with Crippen LogP contribution in [-0.4, -0.2) is 4.00 Å². The van der Waals surface area contributed by atoms with Gasteiger partial charge in [-0.3, -0.25) is 0 Å². The summed E-state index contributed by atoms with van der Waals surface area (Å²) in [7, 11) is 2.00. The molecule has 0 aliphatic carbocycles. The first-order chi connectivity index (χ1) is 5.39. The first-order valence-corrected chi connectivity index (χ1v) is 46.8. The number of hydrogen-bond acceptors (Lipinski definition) is 0. The molecular formula is C6H8I5NPb. The van der Waals surface area contributed by atoms with Gasteiger partial charge in [0.05, 0.1) is 0 Å². The van der Waals surface area contributed by atoms with Crippen molar-refractivity contribution in [1.29, 1.82) is 0 Å². The first kappa shape index (κ1) is 19.1. The summed E-state index contributed by atoms with van der Waals surface area (Å²) in [6.45, 7) is 0. The first-order valence-electron chi connectivity index (χ1n) is 3.05. The van der Waals surface area contributed by atoms with Crippen molar-refractivity contribution in [3.63, 3.8) is 0 Å². The minimum atomic E-state index is -1.40. The van der Waals surface area contributed by atoms with Crippen LogP contribution in [0.1, 0.15) is 0 Å². The average Bonchev–Trinajstić information content (AvgIpc) is 1.85. The fraction of sp³-hybridized carbons (Fsp3) is 0.167. The normalized spacial score (nSPS) is 9.31. The van der Waals surface area contributed by atoms with E-state index < -0.39 is 4.00 Å². The van der Waals surface area contributed by atoms with Crippen LogP contribution in [0.3, 0.4) is 0 Å². The number of rotatable bonds is 0. The van der Waals surface area contributed by atoms with Crippen LogP contribution in [0.4, 0.5) is 0 Å². The van der Waals surface area contributed by atoms with Crippen molar-refractivity contribution >= 4 is 75.0 Å². The van der Waals surface area contributed by atoms with E-state index in [0.29, 0.717) is 0 Å². The molecule has 13 heavy (non-hydrogen) atoms. The van der Waals surface area contributed by atoms with Crippen LogP contribution in [0.5, 0.6) is 0 Å².